The Hall–Kier alpha value is -2.14. The molecule has 1 N–H and O–H groups in total. The smallest absolute Gasteiger partial charge is 0.337 e. The standard InChI is InChI=1S/C14H12ClFN2O2/c1-2-18(10-5-3-9(16)4-6-10)13-12(15)11(14(19)20)7-8-17-13/h3-8H,2H2,1H3,(H,19,20). The topological polar surface area (TPSA) is 53.4 Å². The highest BCUT2D eigenvalue weighted by Gasteiger charge is 2.18. The average molecular weight is 295 g/mol. The lowest BCUT2D eigenvalue weighted by molar-refractivity contribution is 0.0697. The van der Waals surface area contributed by atoms with Gasteiger partial charge in [-0.05, 0) is 37.3 Å². The van der Waals surface area contributed by atoms with Gasteiger partial charge in [-0.25, -0.2) is 14.2 Å². The number of hydrogen-bond acceptors (Lipinski definition) is 3. The van der Waals surface area contributed by atoms with Crippen molar-refractivity contribution in [1.82, 2.24) is 4.98 Å². The molecule has 0 atom stereocenters. The third-order valence-electron chi connectivity index (χ3n) is 2.81. The molecule has 0 fully saturated rings. The number of benzene rings is 1. The van der Waals surface area contributed by atoms with Crippen LogP contribution in [0.1, 0.15) is 17.3 Å². The van der Waals surface area contributed by atoms with Crippen molar-refractivity contribution in [2.75, 3.05) is 11.4 Å². The van der Waals surface area contributed by atoms with Crippen molar-refractivity contribution < 1.29 is 14.3 Å². The lowest BCUT2D eigenvalue weighted by atomic mass is 10.2. The predicted molar refractivity (Wildman–Crippen MR) is 75.3 cm³/mol. The molecular weight excluding hydrogens is 283 g/mol. The number of anilines is 2. The van der Waals surface area contributed by atoms with Crippen LogP contribution in [0.5, 0.6) is 0 Å². The molecule has 0 bridgehead atoms. The van der Waals surface area contributed by atoms with Crippen LogP contribution in [-0.2, 0) is 0 Å². The van der Waals surface area contributed by atoms with Gasteiger partial charge in [-0.1, -0.05) is 11.6 Å². The number of rotatable bonds is 4. The van der Waals surface area contributed by atoms with E-state index in [-0.39, 0.29) is 16.4 Å². The summed E-state index contributed by atoms with van der Waals surface area (Å²) >= 11 is 6.10. The zero-order valence-corrected chi connectivity index (χ0v) is 11.4. The van der Waals surface area contributed by atoms with E-state index in [1.54, 1.807) is 17.0 Å². The van der Waals surface area contributed by atoms with Crippen molar-refractivity contribution in [3.05, 3.63) is 52.9 Å². The molecule has 1 aromatic carbocycles. The number of carbonyl (C=O) groups is 1. The number of pyridine rings is 1. The Balaban J connectivity index is 2.49. The Labute approximate surface area is 120 Å². The van der Waals surface area contributed by atoms with Gasteiger partial charge in [0.2, 0.25) is 0 Å². The largest absolute Gasteiger partial charge is 0.478 e. The first kappa shape index (κ1) is 14.3. The Morgan fingerprint density at radius 1 is 1.35 bits per heavy atom. The first-order chi connectivity index (χ1) is 9.54. The minimum absolute atomic E-state index is 0.0165. The number of aromatic carboxylic acids is 1. The van der Waals surface area contributed by atoms with E-state index in [2.05, 4.69) is 4.98 Å². The van der Waals surface area contributed by atoms with Crippen molar-refractivity contribution in [2.45, 2.75) is 6.92 Å². The van der Waals surface area contributed by atoms with Crippen LogP contribution in [0.2, 0.25) is 5.02 Å². The van der Waals surface area contributed by atoms with Gasteiger partial charge in [0, 0.05) is 18.4 Å². The van der Waals surface area contributed by atoms with Crippen LogP contribution in [0.4, 0.5) is 15.9 Å². The van der Waals surface area contributed by atoms with Gasteiger partial charge in [0.15, 0.2) is 5.82 Å². The molecule has 2 rings (SSSR count). The minimum atomic E-state index is -1.12. The zero-order chi connectivity index (χ0) is 14.7. The van der Waals surface area contributed by atoms with Crippen molar-refractivity contribution in [2.24, 2.45) is 0 Å². The molecule has 0 aliphatic carbocycles. The van der Waals surface area contributed by atoms with Gasteiger partial charge in [-0.15, -0.1) is 0 Å². The van der Waals surface area contributed by atoms with Crippen LogP contribution < -0.4 is 4.90 Å². The van der Waals surface area contributed by atoms with E-state index in [4.69, 9.17) is 16.7 Å². The molecule has 0 aliphatic heterocycles. The first-order valence-corrected chi connectivity index (χ1v) is 6.33. The van der Waals surface area contributed by atoms with Crippen LogP contribution in [0, 0.1) is 5.82 Å². The molecule has 0 aliphatic rings. The van der Waals surface area contributed by atoms with E-state index in [0.29, 0.717) is 18.1 Å². The summed E-state index contributed by atoms with van der Waals surface area (Å²) in [6.07, 6.45) is 1.39. The summed E-state index contributed by atoms with van der Waals surface area (Å²) in [5.74, 6) is -1.13. The fourth-order valence-electron chi connectivity index (χ4n) is 1.86. The van der Waals surface area contributed by atoms with E-state index in [1.165, 1.54) is 24.4 Å². The number of hydrogen-bond donors (Lipinski definition) is 1. The van der Waals surface area contributed by atoms with Gasteiger partial charge in [0.1, 0.15) is 5.82 Å². The molecule has 0 unspecified atom stereocenters. The van der Waals surface area contributed by atoms with E-state index >= 15 is 0 Å². The van der Waals surface area contributed by atoms with Crippen LogP contribution in [0.25, 0.3) is 0 Å². The third-order valence-corrected chi connectivity index (χ3v) is 3.18. The van der Waals surface area contributed by atoms with E-state index in [0.717, 1.165) is 0 Å². The summed E-state index contributed by atoms with van der Waals surface area (Å²) in [4.78, 5) is 16.9. The highest BCUT2D eigenvalue weighted by molar-refractivity contribution is 6.36. The van der Waals surface area contributed by atoms with Crippen molar-refractivity contribution in [3.8, 4) is 0 Å². The molecule has 0 saturated heterocycles. The second-order valence-electron chi connectivity index (χ2n) is 4.02. The van der Waals surface area contributed by atoms with Crippen molar-refractivity contribution >= 4 is 29.1 Å². The lowest BCUT2D eigenvalue weighted by Gasteiger charge is -2.23. The van der Waals surface area contributed by atoms with Crippen LogP contribution in [-0.4, -0.2) is 22.6 Å². The highest BCUT2D eigenvalue weighted by atomic mass is 35.5. The normalized spacial score (nSPS) is 10.3. The molecule has 20 heavy (non-hydrogen) atoms. The minimum Gasteiger partial charge on any atom is -0.478 e. The summed E-state index contributed by atoms with van der Waals surface area (Å²) in [5, 5.41) is 9.13. The number of carboxylic acid groups (broad SMARTS) is 1. The highest BCUT2D eigenvalue weighted by Crippen LogP contribution is 2.32. The van der Waals surface area contributed by atoms with Crippen molar-refractivity contribution in [3.63, 3.8) is 0 Å². The molecule has 1 heterocycles. The third kappa shape index (κ3) is 2.72. The van der Waals surface area contributed by atoms with Crippen LogP contribution >= 0.6 is 11.6 Å². The maximum atomic E-state index is 13.0. The summed E-state index contributed by atoms with van der Waals surface area (Å²) in [7, 11) is 0. The SMILES string of the molecule is CCN(c1ccc(F)cc1)c1nccc(C(=O)O)c1Cl. The molecule has 0 amide bonds. The molecule has 104 valence electrons. The molecule has 0 radical (unpaired) electrons. The fraction of sp³-hybridized carbons (Fsp3) is 0.143. The maximum absolute atomic E-state index is 13.0. The number of halogens is 2. The number of carboxylic acids is 1. The summed E-state index contributed by atoms with van der Waals surface area (Å²) < 4.78 is 13.0. The average Bonchev–Trinajstić information content (AvgIpc) is 2.43. The predicted octanol–water partition coefficient (Wildman–Crippen LogP) is 3.73. The Bertz CT molecular complexity index is 632. The first-order valence-electron chi connectivity index (χ1n) is 5.95. The van der Waals surface area contributed by atoms with Gasteiger partial charge in [-0.2, -0.15) is 0 Å². The van der Waals surface area contributed by atoms with Gasteiger partial charge < -0.3 is 10.0 Å². The van der Waals surface area contributed by atoms with Gasteiger partial charge in [0.25, 0.3) is 0 Å². The number of aromatic nitrogens is 1. The molecule has 0 spiro atoms. The maximum Gasteiger partial charge on any atom is 0.337 e. The second-order valence-corrected chi connectivity index (χ2v) is 4.40. The number of nitrogens with zero attached hydrogens (tertiary/aromatic N) is 2. The molecule has 4 nitrogen and oxygen atoms in total. The molecule has 1 aromatic heterocycles. The van der Waals surface area contributed by atoms with E-state index in [9.17, 15) is 9.18 Å². The molecule has 6 heteroatoms. The summed E-state index contributed by atoms with van der Waals surface area (Å²) in [5.41, 5.74) is 0.670. The second kappa shape index (κ2) is 5.88. The zero-order valence-electron chi connectivity index (χ0n) is 10.7. The Morgan fingerprint density at radius 3 is 2.55 bits per heavy atom. The Kier molecular flexibility index (Phi) is 4.20. The summed E-state index contributed by atoms with van der Waals surface area (Å²) in [6, 6.07) is 7.17. The Morgan fingerprint density at radius 2 is 2.00 bits per heavy atom. The lowest BCUT2D eigenvalue weighted by Crippen LogP contribution is -2.18. The molecule has 0 saturated carbocycles. The quantitative estimate of drug-likeness (QED) is 0.933. The van der Waals surface area contributed by atoms with E-state index < -0.39 is 5.97 Å². The van der Waals surface area contributed by atoms with Gasteiger partial charge in [0.05, 0.1) is 10.6 Å². The van der Waals surface area contributed by atoms with Crippen LogP contribution in [0.15, 0.2) is 36.5 Å². The monoisotopic (exact) mass is 294 g/mol. The van der Waals surface area contributed by atoms with Gasteiger partial charge in [-0.3, -0.25) is 0 Å². The fourth-order valence-corrected chi connectivity index (χ4v) is 2.16. The van der Waals surface area contributed by atoms with Gasteiger partial charge >= 0.3 is 5.97 Å². The van der Waals surface area contributed by atoms with Crippen LogP contribution in [0.3, 0.4) is 0 Å². The summed E-state index contributed by atoms with van der Waals surface area (Å²) in [6.45, 7) is 2.39. The molecular formula is C14H12ClFN2O2. The molecule has 2 aromatic rings. The van der Waals surface area contributed by atoms with E-state index in [1.807, 2.05) is 6.92 Å². The van der Waals surface area contributed by atoms with Crippen molar-refractivity contribution in [1.29, 1.82) is 0 Å².